The van der Waals surface area contributed by atoms with E-state index in [1.807, 2.05) is 37.3 Å². The molecule has 0 aromatic heterocycles. The van der Waals surface area contributed by atoms with Gasteiger partial charge in [-0.25, -0.2) is 0 Å². The van der Waals surface area contributed by atoms with Crippen molar-refractivity contribution in [1.82, 2.24) is 0 Å². The normalized spacial score (nSPS) is 12.4. The Morgan fingerprint density at radius 3 is 2.50 bits per heavy atom. The van der Waals surface area contributed by atoms with Crippen molar-refractivity contribution in [1.29, 1.82) is 0 Å². The predicted molar refractivity (Wildman–Crippen MR) is 88.1 cm³/mol. The Balaban J connectivity index is 2.06. The molecular weight excluding hydrogens is 278 g/mol. The summed E-state index contributed by atoms with van der Waals surface area (Å²) in [5.41, 5.74) is 2.97. The van der Waals surface area contributed by atoms with Crippen LogP contribution in [0.4, 0.5) is 0 Å². The Hall–Kier alpha value is -2.33. The Morgan fingerprint density at radius 1 is 1.09 bits per heavy atom. The highest BCUT2D eigenvalue weighted by Crippen LogP contribution is 2.30. The summed E-state index contributed by atoms with van der Waals surface area (Å²) in [4.78, 5) is 4.33. The van der Waals surface area contributed by atoms with Gasteiger partial charge < -0.3 is 14.6 Å². The van der Waals surface area contributed by atoms with Gasteiger partial charge in [0.05, 0.1) is 26.9 Å². The zero-order valence-electron chi connectivity index (χ0n) is 13.1. The molecule has 0 spiro atoms. The third-order valence-corrected chi connectivity index (χ3v) is 3.49. The van der Waals surface area contributed by atoms with Crippen molar-refractivity contribution in [2.75, 3.05) is 20.8 Å². The number of nitrogens with zero attached hydrogens (tertiary/aromatic N) is 1. The molecule has 0 heterocycles. The molecule has 2 rings (SSSR count). The number of hydrogen-bond acceptors (Lipinski definition) is 4. The van der Waals surface area contributed by atoms with Gasteiger partial charge in [0.25, 0.3) is 0 Å². The first-order valence-corrected chi connectivity index (χ1v) is 7.11. The van der Waals surface area contributed by atoms with E-state index in [1.54, 1.807) is 32.6 Å². The van der Waals surface area contributed by atoms with Crippen LogP contribution in [-0.2, 0) is 0 Å². The molecule has 0 saturated carbocycles. The average molecular weight is 299 g/mol. The zero-order chi connectivity index (χ0) is 15.9. The van der Waals surface area contributed by atoms with E-state index in [9.17, 15) is 5.11 Å². The molecule has 4 heteroatoms. The van der Waals surface area contributed by atoms with Crippen LogP contribution in [0.15, 0.2) is 47.5 Å². The second-order valence-electron chi connectivity index (χ2n) is 4.98. The van der Waals surface area contributed by atoms with Crippen LogP contribution in [0.25, 0.3) is 0 Å². The fourth-order valence-electron chi connectivity index (χ4n) is 2.15. The summed E-state index contributed by atoms with van der Waals surface area (Å²) in [5.74, 6) is 1.24. The number of benzene rings is 2. The molecule has 0 amide bonds. The maximum Gasteiger partial charge on any atom is 0.161 e. The second kappa shape index (κ2) is 7.61. The smallest absolute Gasteiger partial charge is 0.161 e. The summed E-state index contributed by atoms with van der Waals surface area (Å²) in [6, 6.07) is 13.4. The van der Waals surface area contributed by atoms with Gasteiger partial charge in [-0.1, -0.05) is 30.3 Å². The standard InChI is InChI=1S/C18H21NO3/c1-13-6-4-5-7-15(13)11-19-12-16(20)14-8-9-17(21-2)18(10-14)22-3/h4-11,16,20H,12H2,1-3H3. The lowest BCUT2D eigenvalue weighted by molar-refractivity contribution is 0.187. The molecule has 22 heavy (non-hydrogen) atoms. The summed E-state index contributed by atoms with van der Waals surface area (Å²) in [6.45, 7) is 2.33. The van der Waals surface area contributed by atoms with Crippen molar-refractivity contribution >= 4 is 6.21 Å². The lowest BCUT2D eigenvalue weighted by Crippen LogP contribution is -2.03. The molecule has 1 unspecified atom stereocenters. The number of aliphatic hydroxyl groups excluding tert-OH is 1. The summed E-state index contributed by atoms with van der Waals surface area (Å²) >= 11 is 0. The maximum absolute atomic E-state index is 10.2. The topological polar surface area (TPSA) is 51.0 Å². The molecule has 0 aliphatic carbocycles. The van der Waals surface area contributed by atoms with Gasteiger partial charge in [-0.3, -0.25) is 4.99 Å². The number of rotatable bonds is 6. The van der Waals surface area contributed by atoms with Crippen LogP contribution in [-0.4, -0.2) is 32.1 Å². The minimum absolute atomic E-state index is 0.295. The molecule has 4 nitrogen and oxygen atoms in total. The highest BCUT2D eigenvalue weighted by atomic mass is 16.5. The monoisotopic (exact) mass is 299 g/mol. The summed E-state index contributed by atoms with van der Waals surface area (Å²) in [5, 5.41) is 10.2. The number of methoxy groups -OCH3 is 2. The van der Waals surface area contributed by atoms with Crippen molar-refractivity contribution in [2.45, 2.75) is 13.0 Å². The van der Waals surface area contributed by atoms with Crippen LogP contribution in [0.3, 0.4) is 0 Å². The van der Waals surface area contributed by atoms with Crippen LogP contribution in [0.5, 0.6) is 11.5 Å². The quantitative estimate of drug-likeness (QED) is 0.834. The largest absolute Gasteiger partial charge is 0.493 e. The van der Waals surface area contributed by atoms with Crippen LogP contribution in [0.1, 0.15) is 22.8 Å². The van der Waals surface area contributed by atoms with E-state index in [0.29, 0.717) is 18.0 Å². The van der Waals surface area contributed by atoms with Crippen molar-refractivity contribution in [3.63, 3.8) is 0 Å². The van der Waals surface area contributed by atoms with Crippen molar-refractivity contribution in [2.24, 2.45) is 4.99 Å². The fraction of sp³-hybridized carbons (Fsp3) is 0.278. The number of aliphatic imine (C=N–C) groups is 1. The summed E-state index contributed by atoms with van der Waals surface area (Å²) in [6.07, 6.45) is 1.11. The molecule has 0 bridgehead atoms. The van der Waals surface area contributed by atoms with E-state index in [0.717, 1.165) is 16.7 Å². The zero-order valence-corrected chi connectivity index (χ0v) is 13.1. The van der Waals surface area contributed by atoms with Gasteiger partial charge in [0.15, 0.2) is 11.5 Å². The highest BCUT2D eigenvalue weighted by molar-refractivity contribution is 5.81. The van der Waals surface area contributed by atoms with Crippen LogP contribution < -0.4 is 9.47 Å². The minimum atomic E-state index is -0.680. The Bertz CT molecular complexity index is 653. The van der Waals surface area contributed by atoms with Gasteiger partial charge in [0.2, 0.25) is 0 Å². The number of aryl methyl sites for hydroxylation is 1. The van der Waals surface area contributed by atoms with Crippen LogP contribution in [0, 0.1) is 6.92 Å². The summed E-state index contributed by atoms with van der Waals surface area (Å²) in [7, 11) is 3.16. The molecule has 0 radical (unpaired) electrons. The molecule has 116 valence electrons. The van der Waals surface area contributed by atoms with Gasteiger partial charge in [-0.15, -0.1) is 0 Å². The van der Waals surface area contributed by atoms with Gasteiger partial charge >= 0.3 is 0 Å². The Kier molecular flexibility index (Phi) is 5.55. The Labute approximate surface area is 131 Å². The second-order valence-corrected chi connectivity index (χ2v) is 4.98. The molecule has 1 N–H and O–H groups in total. The van der Waals surface area contributed by atoms with Crippen molar-refractivity contribution in [3.8, 4) is 11.5 Å². The van der Waals surface area contributed by atoms with Crippen LogP contribution >= 0.6 is 0 Å². The molecule has 0 aliphatic heterocycles. The van der Waals surface area contributed by atoms with Crippen molar-refractivity contribution in [3.05, 3.63) is 59.2 Å². The highest BCUT2D eigenvalue weighted by Gasteiger charge is 2.11. The Morgan fingerprint density at radius 2 is 1.82 bits per heavy atom. The molecule has 1 atom stereocenters. The van der Waals surface area contributed by atoms with Gasteiger partial charge in [0, 0.05) is 6.21 Å². The van der Waals surface area contributed by atoms with E-state index >= 15 is 0 Å². The molecular formula is C18H21NO3. The number of ether oxygens (including phenoxy) is 2. The lowest BCUT2D eigenvalue weighted by atomic mass is 10.1. The van der Waals surface area contributed by atoms with Crippen molar-refractivity contribution < 1.29 is 14.6 Å². The molecule has 0 fully saturated rings. The number of aliphatic hydroxyl groups is 1. The SMILES string of the molecule is COc1ccc(C(O)CN=Cc2ccccc2C)cc1OC. The maximum atomic E-state index is 10.2. The molecule has 2 aromatic carbocycles. The van der Waals surface area contributed by atoms with E-state index < -0.39 is 6.10 Å². The van der Waals surface area contributed by atoms with Gasteiger partial charge in [0.1, 0.15) is 0 Å². The minimum Gasteiger partial charge on any atom is -0.493 e. The van der Waals surface area contributed by atoms with E-state index in [2.05, 4.69) is 4.99 Å². The summed E-state index contributed by atoms with van der Waals surface area (Å²) < 4.78 is 10.4. The lowest BCUT2D eigenvalue weighted by Gasteiger charge is -2.12. The first kappa shape index (κ1) is 16.0. The fourth-order valence-corrected chi connectivity index (χ4v) is 2.15. The average Bonchev–Trinajstić information content (AvgIpc) is 2.55. The van der Waals surface area contributed by atoms with E-state index in [4.69, 9.17) is 9.47 Å². The van der Waals surface area contributed by atoms with E-state index in [-0.39, 0.29) is 0 Å². The first-order valence-electron chi connectivity index (χ1n) is 7.11. The molecule has 2 aromatic rings. The van der Waals surface area contributed by atoms with E-state index in [1.165, 1.54) is 0 Å². The third kappa shape index (κ3) is 3.86. The van der Waals surface area contributed by atoms with Gasteiger partial charge in [-0.2, -0.15) is 0 Å². The third-order valence-electron chi connectivity index (χ3n) is 3.49. The van der Waals surface area contributed by atoms with Crippen LogP contribution in [0.2, 0.25) is 0 Å². The number of hydrogen-bond donors (Lipinski definition) is 1. The first-order chi connectivity index (χ1) is 10.7. The predicted octanol–water partition coefficient (Wildman–Crippen LogP) is 3.16. The molecule has 0 aliphatic rings. The molecule has 0 saturated heterocycles. The van der Waals surface area contributed by atoms with Gasteiger partial charge in [-0.05, 0) is 35.7 Å².